The largest absolute Gasteiger partial charge is 0.379 e. The van der Waals surface area contributed by atoms with Gasteiger partial charge in [0.15, 0.2) is 0 Å². The number of hydrogen-bond acceptors (Lipinski definition) is 3. The summed E-state index contributed by atoms with van der Waals surface area (Å²) in [5.41, 5.74) is 0.989. The molecule has 0 saturated carbocycles. The maximum atomic E-state index is 12.1. The Bertz CT molecular complexity index is 388. The van der Waals surface area contributed by atoms with Gasteiger partial charge in [-0.3, -0.25) is 9.69 Å². The van der Waals surface area contributed by atoms with E-state index in [-0.39, 0.29) is 5.91 Å². The monoisotopic (exact) mass is 262 g/mol. The van der Waals surface area contributed by atoms with Gasteiger partial charge in [-0.15, -0.1) is 0 Å². The zero-order valence-electron chi connectivity index (χ0n) is 11.5. The number of benzene rings is 1. The summed E-state index contributed by atoms with van der Waals surface area (Å²) in [5.74, 6) is 0.180. The molecule has 1 amide bonds. The SMILES string of the molecule is CCC(=O)N(CCN1CCOCC1)c1ccccc1. The number of hydrogen-bond donors (Lipinski definition) is 0. The standard InChI is InChI=1S/C15H22N2O2/c1-2-15(18)17(14-6-4-3-5-7-14)9-8-16-10-12-19-13-11-16/h3-7H,2,8-13H2,1H3. The van der Waals surface area contributed by atoms with Crippen molar-refractivity contribution in [2.45, 2.75) is 13.3 Å². The molecule has 0 spiro atoms. The molecule has 4 heteroatoms. The number of para-hydroxylation sites is 1. The highest BCUT2D eigenvalue weighted by molar-refractivity contribution is 5.93. The van der Waals surface area contributed by atoms with Crippen molar-refractivity contribution in [1.82, 2.24) is 4.90 Å². The first-order valence-corrected chi connectivity index (χ1v) is 6.96. The summed E-state index contributed by atoms with van der Waals surface area (Å²) in [6.07, 6.45) is 0.540. The van der Waals surface area contributed by atoms with Crippen LogP contribution in [0.4, 0.5) is 5.69 Å². The van der Waals surface area contributed by atoms with Crippen molar-refractivity contribution < 1.29 is 9.53 Å². The lowest BCUT2D eigenvalue weighted by molar-refractivity contribution is -0.118. The first kappa shape index (κ1) is 14.0. The number of morpholine rings is 1. The lowest BCUT2D eigenvalue weighted by atomic mass is 10.2. The Labute approximate surface area is 115 Å². The van der Waals surface area contributed by atoms with Crippen LogP contribution in [0.25, 0.3) is 0 Å². The molecule has 0 atom stereocenters. The Balaban J connectivity index is 1.96. The molecular formula is C15H22N2O2. The molecule has 1 aromatic rings. The quantitative estimate of drug-likeness (QED) is 0.810. The third-order valence-corrected chi connectivity index (χ3v) is 3.41. The number of anilines is 1. The molecule has 19 heavy (non-hydrogen) atoms. The fourth-order valence-electron chi connectivity index (χ4n) is 2.26. The number of ether oxygens (including phenoxy) is 1. The number of nitrogens with zero attached hydrogens (tertiary/aromatic N) is 2. The average molecular weight is 262 g/mol. The molecule has 0 aromatic heterocycles. The molecule has 0 N–H and O–H groups in total. The predicted molar refractivity (Wildman–Crippen MR) is 76.3 cm³/mol. The number of amides is 1. The van der Waals surface area contributed by atoms with E-state index in [4.69, 9.17) is 4.74 Å². The third-order valence-electron chi connectivity index (χ3n) is 3.41. The minimum absolute atomic E-state index is 0.180. The van der Waals surface area contributed by atoms with Crippen molar-refractivity contribution in [2.24, 2.45) is 0 Å². The van der Waals surface area contributed by atoms with Crippen molar-refractivity contribution in [3.8, 4) is 0 Å². The van der Waals surface area contributed by atoms with Crippen LogP contribution in [-0.4, -0.2) is 50.2 Å². The van der Waals surface area contributed by atoms with Crippen LogP contribution in [0.1, 0.15) is 13.3 Å². The van der Waals surface area contributed by atoms with Crippen molar-refractivity contribution in [3.05, 3.63) is 30.3 Å². The van der Waals surface area contributed by atoms with Crippen LogP contribution in [0.2, 0.25) is 0 Å². The second-order valence-electron chi connectivity index (χ2n) is 4.69. The molecule has 1 aliphatic rings. The van der Waals surface area contributed by atoms with Crippen LogP contribution in [0.3, 0.4) is 0 Å². The molecule has 0 radical (unpaired) electrons. The van der Waals surface area contributed by atoms with Crippen LogP contribution >= 0.6 is 0 Å². The summed E-state index contributed by atoms with van der Waals surface area (Å²) in [4.78, 5) is 16.3. The summed E-state index contributed by atoms with van der Waals surface area (Å²) in [7, 11) is 0. The van der Waals surface area contributed by atoms with Gasteiger partial charge in [0.25, 0.3) is 0 Å². The summed E-state index contributed by atoms with van der Waals surface area (Å²) < 4.78 is 5.34. The van der Waals surface area contributed by atoms with Gasteiger partial charge in [0.2, 0.25) is 5.91 Å². The van der Waals surface area contributed by atoms with E-state index in [0.717, 1.165) is 45.1 Å². The van der Waals surface area contributed by atoms with Gasteiger partial charge in [0, 0.05) is 38.3 Å². The molecule has 0 bridgehead atoms. The highest BCUT2D eigenvalue weighted by atomic mass is 16.5. The zero-order valence-corrected chi connectivity index (χ0v) is 11.5. The summed E-state index contributed by atoms with van der Waals surface area (Å²) in [5, 5.41) is 0. The van der Waals surface area contributed by atoms with E-state index in [1.165, 1.54) is 0 Å². The van der Waals surface area contributed by atoms with E-state index >= 15 is 0 Å². The van der Waals surface area contributed by atoms with E-state index in [1.807, 2.05) is 42.2 Å². The maximum absolute atomic E-state index is 12.1. The maximum Gasteiger partial charge on any atom is 0.226 e. The lowest BCUT2D eigenvalue weighted by Crippen LogP contribution is -2.43. The van der Waals surface area contributed by atoms with Crippen LogP contribution in [0.5, 0.6) is 0 Å². The molecule has 4 nitrogen and oxygen atoms in total. The Morgan fingerprint density at radius 2 is 1.95 bits per heavy atom. The number of rotatable bonds is 5. The van der Waals surface area contributed by atoms with E-state index in [2.05, 4.69) is 4.90 Å². The van der Waals surface area contributed by atoms with E-state index in [9.17, 15) is 4.79 Å². The summed E-state index contributed by atoms with van der Waals surface area (Å²) in [6.45, 7) is 7.08. The molecule has 1 aromatic carbocycles. The van der Waals surface area contributed by atoms with Crippen molar-refractivity contribution in [1.29, 1.82) is 0 Å². The molecule has 0 unspecified atom stereocenters. The van der Waals surface area contributed by atoms with Gasteiger partial charge in [-0.1, -0.05) is 25.1 Å². The lowest BCUT2D eigenvalue weighted by Gasteiger charge is -2.30. The van der Waals surface area contributed by atoms with Gasteiger partial charge in [-0.25, -0.2) is 0 Å². The van der Waals surface area contributed by atoms with E-state index in [1.54, 1.807) is 0 Å². The average Bonchev–Trinajstić information content (AvgIpc) is 2.49. The fourth-order valence-corrected chi connectivity index (χ4v) is 2.26. The van der Waals surface area contributed by atoms with Gasteiger partial charge in [-0.2, -0.15) is 0 Å². The number of carbonyl (C=O) groups is 1. The molecule has 1 heterocycles. The molecule has 1 aliphatic heterocycles. The summed E-state index contributed by atoms with van der Waals surface area (Å²) in [6, 6.07) is 9.90. The molecule has 104 valence electrons. The van der Waals surface area contributed by atoms with Gasteiger partial charge in [-0.05, 0) is 12.1 Å². The minimum atomic E-state index is 0.180. The molecule has 1 saturated heterocycles. The van der Waals surface area contributed by atoms with Crippen molar-refractivity contribution in [2.75, 3.05) is 44.3 Å². The molecule has 2 rings (SSSR count). The van der Waals surface area contributed by atoms with E-state index in [0.29, 0.717) is 6.42 Å². The van der Waals surface area contributed by atoms with Crippen LogP contribution in [0, 0.1) is 0 Å². The Morgan fingerprint density at radius 3 is 2.58 bits per heavy atom. The Kier molecular flexibility index (Phi) is 5.36. The normalized spacial score (nSPS) is 16.3. The Morgan fingerprint density at radius 1 is 1.26 bits per heavy atom. The van der Waals surface area contributed by atoms with Gasteiger partial charge >= 0.3 is 0 Å². The highest BCUT2D eigenvalue weighted by Crippen LogP contribution is 2.14. The first-order valence-electron chi connectivity index (χ1n) is 6.96. The van der Waals surface area contributed by atoms with Crippen LogP contribution in [-0.2, 0) is 9.53 Å². The van der Waals surface area contributed by atoms with Gasteiger partial charge < -0.3 is 9.64 Å². The highest BCUT2D eigenvalue weighted by Gasteiger charge is 2.16. The summed E-state index contributed by atoms with van der Waals surface area (Å²) >= 11 is 0. The van der Waals surface area contributed by atoms with Crippen LogP contribution in [0.15, 0.2) is 30.3 Å². The van der Waals surface area contributed by atoms with Crippen molar-refractivity contribution in [3.63, 3.8) is 0 Å². The minimum Gasteiger partial charge on any atom is -0.379 e. The second kappa shape index (κ2) is 7.26. The smallest absolute Gasteiger partial charge is 0.226 e. The topological polar surface area (TPSA) is 32.8 Å². The Hall–Kier alpha value is -1.39. The van der Waals surface area contributed by atoms with E-state index < -0.39 is 0 Å². The van der Waals surface area contributed by atoms with Crippen molar-refractivity contribution >= 4 is 11.6 Å². The van der Waals surface area contributed by atoms with Gasteiger partial charge in [0.05, 0.1) is 13.2 Å². The fraction of sp³-hybridized carbons (Fsp3) is 0.533. The molecular weight excluding hydrogens is 240 g/mol. The third kappa shape index (κ3) is 4.04. The molecule has 0 aliphatic carbocycles. The molecule has 1 fully saturated rings. The number of carbonyl (C=O) groups excluding carboxylic acids is 1. The zero-order chi connectivity index (χ0) is 13.5. The predicted octanol–water partition coefficient (Wildman–Crippen LogP) is 1.76. The second-order valence-corrected chi connectivity index (χ2v) is 4.69. The first-order chi connectivity index (χ1) is 9.31. The van der Waals surface area contributed by atoms with Gasteiger partial charge in [0.1, 0.15) is 0 Å². The van der Waals surface area contributed by atoms with Crippen LogP contribution < -0.4 is 4.90 Å².